The molecule has 3 heterocycles. The summed E-state index contributed by atoms with van der Waals surface area (Å²) in [6.07, 6.45) is 3.24. The Balaban J connectivity index is 2.04. The van der Waals surface area contributed by atoms with Gasteiger partial charge in [0.15, 0.2) is 0 Å². The largest absolute Gasteiger partial charge is 0.498 e. The van der Waals surface area contributed by atoms with Crippen LogP contribution in [-0.2, 0) is 9.31 Å². The van der Waals surface area contributed by atoms with E-state index < -0.39 is 18.3 Å². The van der Waals surface area contributed by atoms with Crippen LogP contribution in [0.25, 0.3) is 10.5 Å². The summed E-state index contributed by atoms with van der Waals surface area (Å²) in [4.78, 5) is 7.55. The van der Waals surface area contributed by atoms with Crippen molar-refractivity contribution in [3.8, 4) is 5.69 Å². The van der Waals surface area contributed by atoms with Crippen LogP contribution in [0.3, 0.4) is 0 Å². The van der Waals surface area contributed by atoms with Crippen LogP contribution in [-0.4, -0.2) is 33.1 Å². The Labute approximate surface area is 142 Å². The minimum absolute atomic E-state index is 0.399. The Bertz CT molecular complexity index is 820. The van der Waals surface area contributed by atoms with Crippen molar-refractivity contribution < 1.29 is 9.31 Å². The number of pyridine rings is 1. The summed E-state index contributed by atoms with van der Waals surface area (Å²) < 4.78 is 14.1. The van der Waals surface area contributed by atoms with Crippen LogP contribution < -0.4 is 5.46 Å². The van der Waals surface area contributed by atoms with Gasteiger partial charge in [0.05, 0.1) is 29.2 Å². The van der Waals surface area contributed by atoms with Gasteiger partial charge in [-0.2, -0.15) is 5.10 Å². The van der Waals surface area contributed by atoms with E-state index in [0.717, 1.165) is 22.5 Å². The quantitative estimate of drug-likeness (QED) is 0.630. The lowest BCUT2D eigenvalue weighted by atomic mass is 9.77. The van der Waals surface area contributed by atoms with Gasteiger partial charge in [-0.3, -0.25) is 4.98 Å². The van der Waals surface area contributed by atoms with Crippen LogP contribution in [0.2, 0.25) is 0 Å². The number of hydrogen-bond donors (Lipinski definition) is 0. The van der Waals surface area contributed by atoms with Gasteiger partial charge in [-0.05, 0) is 47.6 Å². The van der Waals surface area contributed by atoms with E-state index in [9.17, 15) is 0 Å². The van der Waals surface area contributed by atoms with E-state index in [1.54, 1.807) is 16.9 Å². The second-order valence-corrected chi connectivity index (χ2v) is 7.10. The predicted octanol–water partition coefficient (Wildman–Crippen LogP) is 2.73. The van der Waals surface area contributed by atoms with Crippen molar-refractivity contribution in [2.45, 2.75) is 52.7 Å². The molecule has 0 N–H and O–H groups in total. The fourth-order valence-electron chi connectivity index (χ4n) is 2.80. The minimum atomic E-state index is -0.458. The van der Waals surface area contributed by atoms with Gasteiger partial charge in [0.1, 0.15) is 0 Å². The molecule has 124 valence electrons. The second kappa shape index (κ2) is 5.44. The maximum absolute atomic E-state index is 7.14. The maximum Gasteiger partial charge on any atom is 0.498 e. The number of nitrogens with zero attached hydrogens (tertiary/aromatic N) is 4. The van der Waals surface area contributed by atoms with Gasteiger partial charge >= 0.3 is 7.12 Å². The Hall–Kier alpha value is -2.17. The standard InChI is InChI=1S/C17H21BN4O2/c1-11-15(18-23-16(3,4)17(5,6)24-18)12(2)22(21-11)14-8-13(19-7)9-20-10-14/h8-10H,1-6H3. The highest BCUT2D eigenvalue weighted by Gasteiger charge is 2.53. The molecule has 0 bridgehead atoms. The molecule has 1 fully saturated rings. The van der Waals surface area contributed by atoms with Crippen molar-refractivity contribution in [1.82, 2.24) is 14.8 Å². The van der Waals surface area contributed by atoms with Crippen molar-refractivity contribution in [3.05, 3.63) is 41.3 Å². The molecule has 6 nitrogen and oxygen atoms in total. The van der Waals surface area contributed by atoms with E-state index in [1.165, 1.54) is 6.20 Å². The summed E-state index contributed by atoms with van der Waals surface area (Å²) >= 11 is 0. The first-order chi connectivity index (χ1) is 11.2. The first-order valence-electron chi connectivity index (χ1n) is 7.91. The summed E-state index contributed by atoms with van der Waals surface area (Å²) in [7, 11) is -0.458. The third-order valence-electron chi connectivity index (χ3n) is 4.92. The highest BCUT2D eigenvalue weighted by Crippen LogP contribution is 2.37. The molecule has 2 aromatic rings. The zero-order valence-corrected chi connectivity index (χ0v) is 14.9. The second-order valence-electron chi connectivity index (χ2n) is 7.10. The van der Waals surface area contributed by atoms with Gasteiger partial charge in [-0.15, -0.1) is 0 Å². The third-order valence-corrected chi connectivity index (χ3v) is 4.92. The average molecular weight is 324 g/mol. The van der Waals surface area contributed by atoms with Crippen LogP contribution in [0.1, 0.15) is 39.1 Å². The van der Waals surface area contributed by atoms with Crippen molar-refractivity contribution >= 4 is 18.3 Å². The van der Waals surface area contributed by atoms with Crippen LogP contribution in [0.15, 0.2) is 18.5 Å². The molecule has 3 rings (SSSR count). The van der Waals surface area contributed by atoms with E-state index in [1.807, 2.05) is 41.5 Å². The Morgan fingerprint density at radius 1 is 1.12 bits per heavy atom. The van der Waals surface area contributed by atoms with Crippen LogP contribution >= 0.6 is 0 Å². The predicted molar refractivity (Wildman–Crippen MR) is 92.8 cm³/mol. The molecule has 0 unspecified atom stereocenters. The molecule has 1 aliphatic rings. The molecule has 2 aromatic heterocycles. The summed E-state index contributed by atoms with van der Waals surface area (Å²) in [5.41, 5.74) is 3.15. The maximum atomic E-state index is 7.14. The molecule has 0 saturated carbocycles. The molecule has 0 aliphatic carbocycles. The first kappa shape index (κ1) is 16.7. The number of hydrogen-bond acceptors (Lipinski definition) is 4. The fraction of sp³-hybridized carbons (Fsp3) is 0.471. The fourth-order valence-corrected chi connectivity index (χ4v) is 2.80. The molecule has 0 atom stereocenters. The zero-order chi connectivity index (χ0) is 17.7. The molecule has 0 aromatic carbocycles. The van der Waals surface area contributed by atoms with Crippen molar-refractivity contribution in [2.24, 2.45) is 0 Å². The smallest absolute Gasteiger partial charge is 0.399 e. The lowest BCUT2D eigenvalue weighted by Gasteiger charge is -2.32. The summed E-state index contributed by atoms with van der Waals surface area (Å²) in [5, 5.41) is 4.61. The third kappa shape index (κ3) is 2.52. The van der Waals surface area contributed by atoms with E-state index >= 15 is 0 Å². The van der Waals surface area contributed by atoms with Gasteiger partial charge in [0.25, 0.3) is 0 Å². The normalized spacial score (nSPS) is 18.6. The van der Waals surface area contributed by atoms with Gasteiger partial charge in [0.2, 0.25) is 5.69 Å². The number of aryl methyl sites for hydroxylation is 1. The number of aromatic nitrogens is 3. The summed E-state index contributed by atoms with van der Waals surface area (Å²) in [6, 6.07) is 1.77. The van der Waals surface area contributed by atoms with Crippen LogP contribution in [0.4, 0.5) is 5.69 Å². The lowest BCUT2D eigenvalue weighted by Crippen LogP contribution is -2.41. The van der Waals surface area contributed by atoms with E-state index in [-0.39, 0.29) is 0 Å². The molecule has 0 amide bonds. The molecule has 1 saturated heterocycles. The van der Waals surface area contributed by atoms with Crippen molar-refractivity contribution in [2.75, 3.05) is 0 Å². The van der Waals surface area contributed by atoms with E-state index in [2.05, 4.69) is 14.9 Å². The number of rotatable bonds is 2. The Morgan fingerprint density at radius 3 is 2.33 bits per heavy atom. The van der Waals surface area contributed by atoms with Gasteiger partial charge in [-0.25, -0.2) is 9.53 Å². The molecule has 0 radical (unpaired) electrons. The molecule has 24 heavy (non-hydrogen) atoms. The SMILES string of the molecule is [C-]#[N+]c1cncc(-n2nc(C)c(B3OC(C)(C)C(C)(C)O3)c2C)c1. The topological polar surface area (TPSA) is 53.5 Å². The average Bonchev–Trinajstić information content (AvgIpc) is 2.91. The van der Waals surface area contributed by atoms with E-state index in [4.69, 9.17) is 15.9 Å². The van der Waals surface area contributed by atoms with Crippen molar-refractivity contribution in [3.63, 3.8) is 0 Å². The highest BCUT2D eigenvalue weighted by molar-refractivity contribution is 6.63. The molecule has 0 spiro atoms. The monoisotopic (exact) mass is 324 g/mol. The first-order valence-corrected chi connectivity index (χ1v) is 7.91. The molecule has 1 aliphatic heterocycles. The highest BCUT2D eigenvalue weighted by atomic mass is 16.7. The van der Waals surface area contributed by atoms with Gasteiger partial charge < -0.3 is 9.31 Å². The molecular weight excluding hydrogens is 303 g/mol. The summed E-state index contributed by atoms with van der Waals surface area (Å²) in [6.45, 7) is 19.2. The minimum Gasteiger partial charge on any atom is -0.399 e. The van der Waals surface area contributed by atoms with Crippen molar-refractivity contribution in [1.29, 1.82) is 0 Å². The molecule has 7 heteroatoms. The van der Waals surface area contributed by atoms with E-state index in [0.29, 0.717) is 5.69 Å². The van der Waals surface area contributed by atoms with Crippen LogP contribution in [0, 0.1) is 20.4 Å². The Kier molecular flexibility index (Phi) is 3.78. The van der Waals surface area contributed by atoms with Gasteiger partial charge in [-0.1, -0.05) is 0 Å². The van der Waals surface area contributed by atoms with Crippen LogP contribution in [0.5, 0.6) is 0 Å². The Morgan fingerprint density at radius 2 is 1.75 bits per heavy atom. The summed E-state index contributed by atoms with van der Waals surface area (Å²) in [5.74, 6) is 0. The van der Waals surface area contributed by atoms with Gasteiger partial charge in [0, 0.05) is 23.6 Å². The lowest BCUT2D eigenvalue weighted by molar-refractivity contribution is 0.00578. The zero-order valence-electron chi connectivity index (χ0n) is 14.9. The molecular formula is C17H21BN4O2.